The Morgan fingerprint density at radius 2 is 1.54 bits per heavy atom. The van der Waals surface area contributed by atoms with E-state index in [4.69, 9.17) is 0 Å². The van der Waals surface area contributed by atoms with E-state index >= 15 is 0 Å². The number of hydrogen-bond donors (Lipinski definition) is 1. The quantitative estimate of drug-likeness (QED) is 0.352. The van der Waals surface area contributed by atoms with E-state index in [1.54, 1.807) is 4.57 Å². The molecule has 0 aliphatic rings. The molecular formula is C27H25N5O2S. The molecule has 35 heavy (non-hydrogen) atoms. The fourth-order valence-electron chi connectivity index (χ4n) is 3.93. The van der Waals surface area contributed by atoms with Gasteiger partial charge in [-0.2, -0.15) is 0 Å². The summed E-state index contributed by atoms with van der Waals surface area (Å²) in [6, 6.07) is 23.6. The Labute approximate surface area is 206 Å². The maximum atomic E-state index is 13.3. The number of nitrogens with one attached hydrogen (secondary N) is 1. The summed E-state index contributed by atoms with van der Waals surface area (Å²) in [6.45, 7) is 4.92. The van der Waals surface area contributed by atoms with E-state index < -0.39 is 0 Å². The first-order valence-electron chi connectivity index (χ1n) is 11.4. The molecule has 0 aliphatic carbocycles. The van der Waals surface area contributed by atoms with Crippen LogP contribution in [0.3, 0.4) is 0 Å². The van der Waals surface area contributed by atoms with Crippen LogP contribution >= 0.6 is 11.8 Å². The lowest BCUT2D eigenvalue weighted by atomic mass is 10.1. The van der Waals surface area contributed by atoms with Crippen LogP contribution < -0.4 is 10.9 Å². The second-order valence-electron chi connectivity index (χ2n) is 8.56. The Morgan fingerprint density at radius 3 is 2.26 bits per heavy atom. The van der Waals surface area contributed by atoms with E-state index in [1.807, 2.05) is 91.0 Å². The molecule has 176 valence electrons. The average molecular weight is 484 g/mol. The summed E-state index contributed by atoms with van der Waals surface area (Å²) in [5, 5.41) is 12.8. The second-order valence-corrected chi connectivity index (χ2v) is 9.51. The van der Waals surface area contributed by atoms with Crippen LogP contribution in [0, 0.1) is 13.8 Å². The van der Waals surface area contributed by atoms with E-state index in [-0.39, 0.29) is 17.2 Å². The molecule has 0 saturated carbocycles. The van der Waals surface area contributed by atoms with Crippen molar-refractivity contribution in [2.45, 2.75) is 32.1 Å². The van der Waals surface area contributed by atoms with Crippen molar-refractivity contribution in [1.82, 2.24) is 24.5 Å². The third-order valence-electron chi connectivity index (χ3n) is 5.88. The van der Waals surface area contributed by atoms with Gasteiger partial charge >= 0.3 is 0 Å². The Morgan fingerprint density at radius 1 is 0.886 bits per heavy atom. The fraction of sp³-hybridized carbons (Fsp3) is 0.185. The van der Waals surface area contributed by atoms with Crippen molar-refractivity contribution in [1.29, 1.82) is 0 Å². The largest absolute Gasteiger partial charge is 0.351 e. The number of fused-ring (bicyclic) bond motifs is 3. The highest BCUT2D eigenvalue weighted by atomic mass is 32.2. The van der Waals surface area contributed by atoms with Crippen LogP contribution in [0.15, 0.2) is 82.7 Å². The lowest BCUT2D eigenvalue weighted by Crippen LogP contribution is -2.25. The zero-order valence-corrected chi connectivity index (χ0v) is 20.4. The van der Waals surface area contributed by atoms with Crippen molar-refractivity contribution < 1.29 is 4.79 Å². The highest BCUT2D eigenvalue weighted by Gasteiger charge is 2.18. The van der Waals surface area contributed by atoms with Crippen molar-refractivity contribution in [2.75, 3.05) is 5.75 Å². The Hall–Kier alpha value is -3.91. The third-order valence-corrected chi connectivity index (χ3v) is 6.81. The zero-order valence-electron chi connectivity index (χ0n) is 19.6. The first kappa shape index (κ1) is 22.9. The number of carbonyl (C=O) groups is 1. The molecule has 0 unspecified atom stereocenters. The Bertz CT molecular complexity index is 1570. The SMILES string of the molecule is Cc1ccc(CNC(=O)CSc2nnc3n(Cc4ccc(C)cc4)c(=O)c4ccccc4n23)cc1. The molecule has 1 amide bonds. The Balaban J connectivity index is 1.42. The molecule has 0 radical (unpaired) electrons. The maximum absolute atomic E-state index is 13.3. The van der Waals surface area contributed by atoms with E-state index in [0.29, 0.717) is 29.4 Å². The number of amides is 1. The van der Waals surface area contributed by atoms with Gasteiger partial charge in [0.2, 0.25) is 11.7 Å². The molecule has 0 atom stereocenters. The maximum Gasteiger partial charge on any atom is 0.263 e. The molecule has 0 saturated heterocycles. The van der Waals surface area contributed by atoms with Gasteiger partial charge in [-0.15, -0.1) is 10.2 Å². The number of nitrogens with zero attached hydrogens (tertiary/aromatic N) is 4. The number of rotatable bonds is 7. The van der Waals surface area contributed by atoms with Crippen LogP contribution in [0.2, 0.25) is 0 Å². The highest BCUT2D eigenvalue weighted by Crippen LogP contribution is 2.22. The smallest absolute Gasteiger partial charge is 0.263 e. The predicted molar refractivity (Wildman–Crippen MR) is 139 cm³/mol. The van der Waals surface area contributed by atoms with Crippen molar-refractivity contribution in [3.8, 4) is 0 Å². The van der Waals surface area contributed by atoms with Crippen LogP contribution in [0.1, 0.15) is 22.3 Å². The van der Waals surface area contributed by atoms with Crippen LogP contribution in [0.25, 0.3) is 16.7 Å². The number of benzene rings is 3. The predicted octanol–water partition coefficient (Wildman–Crippen LogP) is 4.12. The number of para-hydroxylation sites is 1. The van der Waals surface area contributed by atoms with Gasteiger partial charge in [-0.25, -0.2) is 0 Å². The highest BCUT2D eigenvalue weighted by molar-refractivity contribution is 7.99. The number of carbonyl (C=O) groups excluding carboxylic acids is 1. The van der Waals surface area contributed by atoms with Crippen LogP contribution in [-0.4, -0.2) is 30.8 Å². The van der Waals surface area contributed by atoms with E-state index in [0.717, 1.165) is 22.2 Å². The minimum absolute atomic E-state index is 0.0930. The molecule has 5 rings (SSSR count). The van der Waals surface area contributed by atoms with Crippen molar-refractivity contribution in [3.63, 3.8) is 0 Å². The summed E-state index contributed by atoms with van der Waals surface area (Å²) in [4.78, 5) is 25.9. The summed E-state index contributed by atoms with van der Waals surface area (Å²) >= 11 is 1.30. The van der Waals surface area contributed by atoms with Gasteiger partial charge < -0.3 is 5.32 Å². The number of thioether (sulfide) groups is 1. The first-order valence-corrected chi connectivity index (χ1v) is 12.4. The number of aryl methyl sites for hydroxylation is 2. The van der Waals surface area contributed by atoms with Gasteiger partial charge in [-0.05, 0) is 37.1 Å². The van der Waals surface area contributed by atoms with Crippen LogP contribution in [-0.2, 0) is 17.9 Å². The van der Waals surface area contributed by atoms with E-state index in [1.165, 1.54) is 17.3 Å². The fourth-order valence-corrected chi connectivity index (χ4v) is 4.70. The van der Waals surface area contributed by atoms with E-state index in [2.05, 4.69) is 15.5 Å². The average Bonchev–Trinajstić information content (AvgIpc) is 3.30. The molecule has 2 heterocycles. The summed E-state index contributed by atoms with van der Waals surface area (Å²) in [5.74, 6) is 0.555. The van der Waals surface area contributed by atoms with Gasteiger partial charge in [0, 0.05) is 6.54 Å². The van der Waals surface area contributed by atoms with Gasteiger partial charge in [0.1, 0.15) is 0 Å². The van der Waals surface area contributed by atoms with Gasteiger partial charge in [0.15, 0.2) is 5.16 Å². The molecule has 0 bridgehead atoms. The lowest BCUT2D eigenvalue weighted by Gasteiger charge is -2.11. The van der Waals surface area contributed by atoms with Crippen molar-refractivity contribution >= 4 is 34.3 Å². The topological polar surface area (TPSA) is 81.3 Å². The first-order chi connectivity index (χ1) is 17.0. The van der Waals surface area contributed by atoms with Gasteiger partial charge in [0.05, 0.1) is 23.2 Å². The van der Waals surface area contributed by atoms with Crippen LogP contribution in [0.5, 0.6) is 0 Å². The molecule has 7 nitrogen and oxygen atoms in total. The molecule has 1 N–H and O–H groups in total. The van der Waals surface area contributed by atoms with Crippen molar-refractivity contribution in [3.05, 3.63) is 105 Å². The summed E-state index contributed by atoms with van der Waals surface area (Å²) in [6.07, 6.45) is 0. The summed E-state index contributed by atoms with van der Waals surface area (Å²) in [7, 11) is 0. The minimum atomic E-state index is -0.117. The van der Waals surface area contributed by atoms with Crippen molar-refractivity contribution in [2.24, 2.45) is 0 Å². The molecule has 5 aromatic rings. The van der Waals surface area contributed by atoms with E-state index in [9.17, 15) is 9.59 Å². The standard InChI is InChI=1S/C27H25N5O2S/c1-18-7-11-20(12-8-18)15-28-24(33)17-35-27-30-29-26-31(16-21-13-9-19(2)10-14-21)25(34)22-5-3-4-6-23(22)32(26)27/h3-14H,15-17H2,1-2H3,(H,28,33). The number of hydrogen-bond acceptors (Lipinski definition) is 5. The number of aromatic nitrogens is 4. The molecule has 8 heteroatoms. The van der Waals surface area contributed by atoms with Gasteiger partial charge in [-0.3, -0.25) is 18.6 Å². The monoisotopic (exact) mass is 483 g/mol. The molecule has 0 aliphatic heterocycles. The van der Waals surface area contributed by atoms with Crippen LogP contribution in [0.4, 0.5) is 0 Å². The molecular weight excluding hydrogens is 458 g/mol. The lowest BCUT2D eigenvalue weighted by molar-refractivity contribution is -0.118. The summed E-state index contributed by atoms with van der Waals surface area (Å²) < 4.78 is 3.50. The zero-order chi connectivity index (χ0) is 24.4. The molecule has 3 aromatic carbocycles. The minimum Gasteiger partial charge on any atom is -0.351 e. The normalized spacial score (nSPS) is 11.3. The third kappa shape index (κ3) is 4.83. The second kappa shape index (κ2) is 9.76. The molecule has 2 aromatic heterocycles. The molecule has 0 fully saturated rings. The van der Waals surface area contributed by atoms with Gasteiger partial charge in [-0.1, -0.05) is 83.6 Å². The molecule has 0 spiro atoms. The summed E-state index contributed by atoms with van der Waals surface area (Å²) in [5.41, 5.74) is 5.00. The Kier molecular flexibility index (Phi) is 6.37. The van der Waals surface area contributed by atoms with Gasteiger partial charge in [0.25, 0.3) is 5.56 Å².